The fourth-order valence-corrected chi connectivity index (χ4v) is 1.22. The van der Waals surface area contributed by atoms with E-state index in [4.69, 9.17) is 9.47 Å². The third-order valence-electron chi connectivity index (χ3n) is 2.13. The number of hydrazine groups is 2. The van der Waals surface area contributed by atoms with E-state index in [1.54, 1.807) is 32.8 Å². The van der Waals surface area contributed by atoms with Gasteiger partial charge in [-0.25, -0.2) is 20.4 Å². The van der Waals surface area contributed by atoms with E-state index in [0.717, 1.165) is 0 Å². The molecule has 2 amide bonds. The highest BCUT2D eigenvalue weighted by Gasteiger charge is 2.10. The maximum absolute atomic E-state index is 11.2. The van der Waals surface area contributed by atoms with Crippen LogP contribution in [-0.2, 0) is 9.47 Å². The van der Waals surface area contributed by atoms with E-state index in [9.17, 15) is 9.59 Å². The maximum atomic E-state index is 11.2. The van der Waals surface area contributed by atoms with Gasteiger partial charge in [0.05, 0.1) is 13.2 Å². The lowest BCUT2D eigenvalue weighted by atomic mass is 10.7. The fraction of sp³-hybridized carbons (Fsp3) is 0.545. The molecule has 128 valence electrons. The molecule has 12 nitrogen and oxygen atoms in total. The number of hydrogen-bond acceptors (Lipinski definition) is 10. The molecule has 4 N–H and O–H groups in total. The Bertz CT molecular complexity index is 499. The first-order valence-corrected chi connectivity index (χ1v) is 6.77. The lowest BCUT2D eigenvalue weighted by Crippen LogP contribution is -2.33. The highest BCUT2D eigenvalue weighted by atomic mass is 16.6. The van der Waals surface area contributed by atoms with Crippen LogP contribution in [0, 0.1) is 0 Å². The molecule has 23 heavy (non-hydrogen) atoms. The van der Waals surface area contributed by atoms with Crippen LogP contribution in [0.5, 0.6) is 0 Å². The number of carbonyl (C=O) groups excluding carboxylic acids is 2. The van der Waals surface area contributed by atoms with Gasteiger partial charge in [0.1, 0.15) is 0 Å². The minimum absolute atomic E-state index is 0.0462. The summed E-state index contributed by atoms with van der Waals surface area (Å²) in [5.74, 6) is 0.385. The summed E-state index contributed by atoms with van der Waals surface area (Å²) in [4.78, 5) is 36.2. The normalized spacial score (nSPS) is 9.57. The topological polar surface area (TPSA) is 143 Å². The SMILES string of the molecule is CCOC(=O)NNc1nc(NNC(=O)OCC)nc(N(C)C)n1. The van der Waals surface area contributed by atoms with Crippen molar-refractivity contribution in [3.8, 4) is 0 Å². The molecule has 0 spiro atoms. The average Bonchev–Trinajstić information content (AvgIpc) is 2.51. The van der Waals surface area contributed by atoms with Gasteiger partial charge in [-0.15, -0.1) is 0 Å². The molecule has 0 aromatic carbocycles. The van der Waals surface area contributed by atoms with Gasteiger partial charge in [0, 0.05) is 14.1 Å². The van der Waals surface area contributed by atoms with Crippen LogP contribution in [0.1, 0.15) is 13.8 Å². The minimum Gasteiger partial charge on any atom is -0.449 e. The lowest BCUT2D eigenvalue weighted by molar-refractivity contribution is 0.153. The van der Waals surface area contributed by atoms with Gasteiger partial charge in [-0.1, -0.05) is 0 Å². The van der Waals surface area contributed by atoms with Crippen molar-refractivity contribution in [2.75, 3.05) is 43.1 Å². The van der Waals surface area contributed by atoms with Gasteiger partial charge in [-0.3, -0.25) is 10.9 Å². The van der Waals surface area contributed by atoms with Crippen molar-refractivity contribution in [1.82, 2.24) is 25.8 Å². The van der Waals surface area contributed by atoms with E-state index in [-0.39, 0.29) is 25.1 Å². The second-order valence-electron chi connectivity index (χ2n) is 4.12. The number of nitrogens with zero attached hydrogens (tertiary/aromatic N) is 4. The molecule has 0 fully saturated rings. The van der Waals surface area contributed by atoms with E-state index >= 15 is 0 Å². The summed E-state index contributed by atoms with van der Waals surface area (Å²) in [7, 11) is 3.45. The van der Waals surface area contributed by atoms with Crippen molar-refractivity contribution in [2.24, 2.45) is 0 Å². The summed E-state index contributed by atoms with van der Waals surface area (Å²) in [6.45, 7) is 3.80. The van der Waals surface area contributed by atoms with Crippen LogP contribution < -0.4 is 26.6 Å². The maximum Gasteiger partial charge on any atom is 0.426 e. The van der Waals surface area contributed by atoms with Crippen molar-refractivity contribution in [2.45, 2.75) is 13.8 Å². The summed E-state index contributed by atoms with van der Waals surface area (Å²) in [5.41, 5.74) is 9.47. The summed E-state index contributed by atoms with van der Waals surface area (Å²) in [6, 6.07) is 0. The van der Waals surface area contributed by atoms with Gasteiger partial charge in [-0.05, 0) is 13.8 Å². The molecule has 0 saturated carbocycles. The van der Waals surface area contributed by atoms with Crippen LogP contribution in [0.4, 0.5) is 27.4 Å². The van der Waals surface area contributed by atoms with Crippen molar-refractivity contribution < 1.29 is 19.1 Å². The van der Waals surface area contributed by atoms with Gasteiger partial charge in [0.2, 0.25) is 17.8 Å². The van der Waals surface area contributed by atoms with E-state index in [1.165, 1.54) is 0 Å². The number of aromatic nitrogens is 3. The Morgan fingerprint density at radius 1 is 0.913 bits per heavy atom. The Kier molecular flexibility index (Phi) is 7.10. The van der Waals surface area contributed by atoms with Crippen molar-refractivity contribution in [3.63, 3.8) is 0 Å². The quantitative estimate of drug-likeness (QED) is 0.508. The first-order valence-electron chi connectivity index (χ1n) is 6.77. The van der Waals surface area contributed by atoms with Gasteiger partial charge in [0.15, 0.2) is 0 Å². The fourth-order valence-electron chi connectivity index (χ4n) is 1.22. The molecule has 12 heteroatoms. The number of anilines is 3. The van der Waals surface area contributed by atoms with Gasteiger partial charge >= 0.3 is 12.2 Å². The van der Waals surface area contributed by atoms with Crippen molar-refractivity contribution >= 4 is 30.0 Å². The number of amides is 2. The molecule has 0 radical (unpaired) electrons. The van der Waals surface area contributed by atoms with Gasteiger partial charge < -0.3 is 14.4 Å². The monoisotopic (exact) mass is 328 g/mol. The molecule has 0 unspecified atom stereocenters. The Morgan fingerprint density at radius 2 is 1.35 bits per heavy atom. The van der Waals surface area contributed by atoms with E-state index in [0.29, 0.717) is 5.95 Å². The van der Waals surface area contributed by atoms with Crippen LogP contribution in [0.3, 0.4) is 0 Å². The number of carbonyl (C=O) groups is 2. The van der Waals surface area contributed by atoms with Crippen LogP contribution in [-0.4, -0.2) is 54.4 Å². The summed E-state index contributed by atoms with van der Waals surface area (Å²) in [5, 5.41) is 0. The Labute approximate surface area is 132 Å². The third kappa shape index (κ3) is 6.50. The van der Waals surface area contributed by atoms with Gasteiger partial charge in [0.25, 0.3) is 0 Å². The molecule has 0 aliphatic carbocycles. The lowest BCUT2D eigenvalue weighted by Gasteiger charge is -2.14. The van der Waals surface area contributed by atoms with Gasteiger partial charge in [-0.2, -0.15) is 15.0 Å². The zero-order valence-electron chi connectivity index (χ0n) is 13.3. The second-order valence-corrected chi connectivity index (χ2v) is 4.12. The van der Waals surface area contributed by atoms with Crippen molar-refractivity contribution in [1.29, 1.82) is 0 Å². The van der Waals surface area contributed by atoms with Crippen molar-refractivity contribution in [3.05, 3.63) is 0 Å². The first-order chi connectivity index (χ1) is 11.0. The van der Waals surface area contributed by atoms with Crippen LogP contribution in [0.25, 0.3) is 0 Å². The highest BCUT2D eigenvalue weighted by molar-refractivity contribution is 5.69. The summed E-state index contributed by atoms with van der Waals surface area (Å²) < 4.78 is 9.39. The predicted octanol–water partition coefficient (Wildman–Crippen LogP) is 0.0836. The van der Waals surface area contributed by atoms with Crippen LogP contribution >= 0.6 is 0 Å². The zero-order valence-corrected chi connectivity index (χ0v) is 13.3. The standard InChI is InChI=1S/C11H20N8O4/c1-5-22-10(20)17-15-7-12-8(14-9(13-7)19(3)4)16-18-11(21)23-6-2/h5-6H2,1-4H3,(H,17,20)(H,18,21)(H2,12,13,14,15,16). The molecule has 1 heterocycles. The van der Waals surface area contributed by atoms with Crippen LogP contribution in [0.2, 0.25) is 0 Å². The largest absolute Gasteiger partial charge is 0.449 e. The number of hydrogen-bond donors (Lipinski definition) is 4. The molecule has 0 aliphatic rings. The Morgan fingerprint density at radius 3 is 1.70 bits per heavy atom. The first kappa shape index (κ1) is 18.0. The minimum atomic E-state index is -0.682. The predicted molar refractivity (Wildman–Crippen MR) is 81.7 cm³/mol. The zero-order chi connectivity index (χ0) is 17.2. The molecule has 0 bridgehead atoms. The molecule has 1 rings (SSSR count). The molecule has 1 aromatic heterocycles. The molecule has 0 atom stereocenters. The molecular formula is C11H20N8O4. The number of rotatable bonds is 7. The van der Waals surface area contributed by atoms with E-state index in [1.807, 2.05) is 0 Å². The average molecular weight is 328 g/mol. The third-order valence-corrected chi connectivity index (χ3v) is 2.13. The number of nitrogens with one attached hydrogen (secondary N) is 4. The highest BCUT2D eigenvalue weighted by Crippen LogP contribution is 2.10. The smallest absolute Gasteiger partial charge is 0.426 e. The molecular weight excluding hydrogens is 308 g/mol. The molecule has 1 aromatic rings. The number of ether oxygens (including phenoxy) is 2. The molecule has 0 aliphatic heterocycles. The molecule has 0 saturated heterocycles. The van der Waals surface area contributed by atoms with Crippen LogP contribution in [0.15, 0.2) is 0 Å². The second kappa shape index (κ2) is 9.07. The Hall–Kier alpha value is -3.05. The summed E-state index contributed by atoms with van der Waals surface area (Å²) in [6.07, 6.45) is -1.36. The Balaban J connectivity index is 2.77. The van der Waals surface area contributed by atoms with E-state index < -0.39 is 12.2 Å². The van der Waals surface area contributed by atoms with E-state index in [2.05, 4.69) is 36.7 Å². The summed E-state index contributed by atoms with van der Waals surface area (Å²) >= 11 is 0.